The van der Waals surface area contributed by atoms with Crippen LogP contribution in [0.5, 0.6) is 11.5 Å². The summed E-state index contributed by atoms with van der Waals surface area (Å²) in [6.07, 6.45) is 2.08. The predicted molar refractivity (Wildman–Crippen MR) is 109 cm³/mol. The molecular formula is C22H21N3O5. The van der Waals surface area contributed by atoms with E-state index in [2.05, 4.69) is 10.3 Å². The van der Waals surface area contributed by atoms with E-state index in [9.17, 15) is 9.59 Å². The van der Waals surface area contributed by atoms with Crippen molar-refractivity contribution in [3.05, 3.63) is 59.8 Å². The van der Waals surface area contributed by atoms with Gasteiger partial charge in [0.15, 0.2) is 18.1 Å². The van der Waals surface area contributed by atoms with E-state index in [0.29, 0.717) is 17.1 Å². The number of hydrogen-bond donors (Lipinski definition) is 2. The summed E-state index contributed by atoms with van der Waals surface area (Å²) in [5, 5.41) is 12.6. The van der Waals surface area contributed by atoms with Crippen molar-refractivity contribution in [2.75, 3.05) is 20.8 Å². The highest BCUT2D eigenvalue weighted by atomic mass is 16.5. The molecule has 3 aromatic rings. The first kappa shape index (κ1) is 20.7. The number of ether oxygens (including phenoxy) is 3. The Morgan fingerprint density at radius 1 is 1.17 bits per heavy atom. The number of methoxy groups -OCH3 is 2. The molecule has 1 aromatic heterocycles. The van der Waals surface area contributed by atoms with Gasteiger partial charge in [0.25, 0.3) is 5.91 Å². The van der Waals surface area contributed by atoms with Gasteiger partial charge in [-0.25, -0.2) is 4.79 Å². The number of aromatic amines is 1. The smallest absolute Gasteiger partial charge is 0.328 e. The number of aromatic nitrogens is 1. The van der Waals surface area contributed by atoms with Gasteiger partial charge in [-0.1, -0.05) is 18.2 Å². The zero-order chi connectivity index (χ0) is 21.5. The molecule has 8 heteroatoms. The van der Waals surface area contributed by atoms with Crippen LogP contribution in [0.4, 0.5) is 0 Å². The SMILES string of the molecule is COC(=O)[C@H](Cc1c[nH]c2ccccc12)NC(=O)COc1ccc(C#N)cc1OC. The lowest BCUT2D eigenvalue weighted by Crippen LogP contribution is -2.44. The van der Waals surface area contributed by atoms with E-state index in [-0.39, 0.29) is 13.0 Å². The number of nitriles is 1. The minimum atomic E-state index is -0.867. The Balaban J connectivity index is 1.67. The van der Waals surface area contributed by atoms with Crippen molar-refractivity contribution in [2.45, 2.75) is 12.5 Å². The van der Waals surface area contributed by atoms with Gasteiger partial charge in [0.05, 0.1) is 25.9 Å². The Hall–Kier alpha value is -3.99. The van der Waals surface area contributed by atoms with E-state index in [4.69, 9.17) is 19.5 Å². The third-order valence-electron chi connectivity index (χ3n) is 4.57. The van der Waals surface area contributed by atoms with Crippen LogP contribution in [0.3, 0.4) is 0 Å². The third-order valence-corrected chi connectivity index (χ3v) is 4.57. The molecule has 8 nitrogen and oxygen atoms in total. The number of fused-ring (bicyclic) bond motifs is 1. The summed E-state index contributed by atoms with van der Waals surface area (Å²) in [4.78, 5) is 27.8. The van der Waals surface area contributed by atoms with Crippen molar-refractivity contribution in [2.24, 2.45) is 0 Å². The molecule has 2 N–H and O–H groups in total. The fourth-order valence-electron chi connectivity index (χ4n) is 3.09. The fourth-order valence-corrected chi connectivity index (χ4v) is 3.09. The molecule has 0 saturated heterocycles. The van der Waals surface area contributed by atoms with Crippen molar-refractivity contribution < 1.29 is 23.8 Å². The lowest BCUT2D eigenvalue weighted by molar-refractivity contribution is -0.145. The molecule has 2 aromatic carbocycles. The number of benzene rings is 2. The number of nitrogens with one attached hydrogen (secondary N) is 2. The van der Waals surface area contributed by atoms with Crippen LogP contribution in [0, 0.1) is 11.3 Å². The highest BCUT2D eigenvalue weighted by Crippen LogP contribution is 2.27. The molecule has 0 aliphatic rings. The molecule has 1 amide bonds. The summed E-state index contributed by atoms with van der Waals surface area (Å²) in [5.41, 5.74) is 2.24. The van der Waals surface area contributed by atoms with Gasteiger partial charge in [-0.15, -0.1) is 0 Å². The van der Waals surface area contributed by atoms with Crippen LogP contribution in [0.1, 0.15) is 11.1 Å². The molecule has 1 atom stereocenters. The Morgan fingerprint density at radius 3 is 2.70 bits per heavy atom. The number of H-pyrrole nitrogens is 1. The number of hydrogen-bond acceptors (Lipinski definition) is 6. The number of amides is 1. The number of esters is 1. The van der Waals surface area contributed by atoms with Gasteiger partial charge in [0.2, 0.25) is 0 Å². The highest BCUT2D eigenvalue weighted by Gasteiger charge is 2.23. The van der Waals surface area contributed by atoms with Crippen LogP contribution in [0.25, 0.3) is 10.9 Å². The maximum atomic E-state index is 12.4. The lowest BCUT2D eigenvalue weighted by Gasteiger charge is -2.17. The van der Waals surface area contributed by atoms with Crippen molar-refractivity contribution in [3.63, 3.8) is 0 Å². The summed E-state index contributed by atoms with van der Waals surface area (Å²) in [7, 11) is 2.72. The summed E-state index contributed by atoms with van der Waals surface area (Å²) in [5.74, 6) is -0.385. The lowest BCUT2D eigenvalue weighted by atomic mass is 10.0. The average Bonchev–Trinajstić information content (AvgIpc) is 3.19. The van der Waals surface area contributed by atoms with Crippen LogP contribution in [0.2, 0.25) is 0 Å². The second-order valence-corrected chi connectivity index (χ2v) is 6.47. The first-order valence-corrected chi connectivity index (χ1v) is 9.18. The third kappa shape index (κ3) is 4.70. The molecule has 1 heterocycles. The summed E-state index contributed by atoms with van der Waals surface area (Å²) < 4.78 is 15.5. The summed E-state index contributed by atoms with van der Waals surface area (Å²) in [6, 6.07) is 13.5. The number of nitrogens with zero attached hydrogens (tertiary/aromatic N) is 1. The molecule has 0 fully saturated rings. The largest absolute Gasteiger partial charge is 0.493 e. The van der Waals surface area contributed by atoms with Crippen LogP contribution in [-0.2, 0) is 20.7 Å². The van der Waals surface area contributed by atoms with Crippen LogP contribution in [-0.4, -0.2) is 43.7 Å². The van der Waals surface area contributed by atoms with Gasteiger partial charge in [-0.2, -0.15) is 5.26 Å². The maximum Gasteiger partial charge on any atom is 0.328 e. The molecule has 0 unspecified atom stereocenters. The van der Waals surface area contributed by atoms with Crippen molar-refractivity contribution in [1.29, 1.82) is 5.26 Å². The fraction of sp³-hybridized carbons (Fsp3) is 0.227. The van der Waals surface area contributed by atoms with Gasteiger partial charge in [-0.05, 0) is 23.8 Å². The Labute approximate surface area is 173 Å². The number of carbonyl (C=O) groups is 2. The van der Waals surface area contributed by atoms with E-state index in [0.717, 1.165) is 16.5 Å². The first-order valence-electron chi connectivity index (χ1n) is 9.18. The van der Waals surface area contributed by atoms with Gasteiger partial charge in [0, 0.05) is 29.6 Å². The maximum absolute atomic E-state index is 12.4. The van der Waals surface area contributed by atoms with Crippen molar-refractivity contribution in [3.8, 4) is 17.6 Å². The second kappa shape index (κ2) is 9.47. The van der Waals surface area contributed by atoms with E-state index in [1.807, 2.05) is 36.5 Å². The molecule has 0 spiro atoms. The zero-order valence-electron chi connectivity index (χ0n) is 16.6. The monoisotopic (exact) mass is 407 g/mol. The highest BCUT2D eigenvalue weighted by molar-refractivity contribution is 5.87. The molecule has 0 radical (unpaired) electrons. The molecule has 0 aliphatic heterocycles. The minimum Gasteiger partial charge on any atom is -0.493 e. The standard InChI is InChI=1S/C22H21N3O5/c1-28-20-9-14(11-23)7-8-19(20)30-13-21(26)25-18(22(27)29-2)10-15-12-24-17-6-4-3-5-16(15)17/h3-9,12,18,24H,10,13H2,1-2H3,(H,25,26)/t18-/m0/s1. The Bertz CT molecular complexity index is 1100. The van der Waals surface area contributed by atoms with Crippen molar-refractivity contribution in [1.82, 2.24) is 10.3 Å². The number of para-hydroxylation sites is 1. The van der Waals surface area contributed by atoms with Gasteiger partial charge < -0.3 is 24.5 Å². The van der Waals surface area contributed by atoms with E-state index in [1.54, 1.807) is 12.1 Å². The molecule has 0 aliphatic carbocycles. The Kier molecular flexibility index (Phi) is 6.55. The van der Waals surface area contributed by atoms with E-state index in [1.165, 1.54) is 20.3 Å². The molecule has 0 bridgehead atoms. The van der Waals surface area contributed by atoms with Gasteiger partial charge >= 0.3 is 5.97 Å². The Morgan fingerprint density at radius 2 is 1.97 bits per heavy atom. The van der Waals surface area contributed by atoms with Crippen molar-refractivity contribution >= 4 is 22.8 Å². The number of rotatable bonds is 8. The van der Waals surface area contributed by atoms with Crippen LogP contribution >= 0.6 is 0 Å². The molecule has 154 valence electrons. The minimum absolute atomic E-state index is 0.266. The van der Waals surface area contributed by atoms with E-state index < -0.39 is 17.9 Å². The molecule has 30 heavy (non-hydrogen) atoms. The molecule has 3 rings (SSSR count). The number of carbonyl (C=O) groups excluding carboxylic acids is 2. The second-order valence-electron chi connectivity index (χ2n) is 6.47. The van der Waals surface area contributed by atoms with Gasteiger partial charge in [0.1, 0.15) is 6.04 Å². The summed E-state index contributed by atoms with van der Waals surface area (Å²) >= 11 is 0. The van der Waals surface area contributed by atoms with Gasteiger partial charge in [-0.3, -0.25) is 4.79 Å². The molecular weight excluding hydrogens is 386 g/mol. The predicted octanol–water partition coefficient (Wildman–Crippen LogP) is 2.33. The zero-order valence-corrected chi connectivity index (χ0v) is 16.6. The van der Waals surface area contributed by atoms with E-state index >= 15 is 0 Å². The summed E-state index contributed by atoms with van der Waals surface area (Å²) in [6.45, 7) is -0.330. The quantitative estimate of drug-likeness (QED) is 0.554. The van der Waals surface area contributed by atoms with Crippen LogP contribution in [0.15, 0.2) is 48.7 Å². The topological polar surface area (TPSA) is 113 Å². The normalized spacial score (nSPS) is 11.4. The molecule has 0 saturated carbocycles. The van der Waals surface area contributed by atoms with Crippen LogP contribution < -0.4 is 14.8 Å². The first-order chi connectivity index (χ1) is 14.5. The average molecular weight is 407 g/mol.